The Bertz CT molecular complexity index is 1280. The maximum Gasteiger partial charge on any atom is 0.335 e. The largest absolute Gasteiger partial charge is 0.494 e. The van der Waals surface area contributed by atoms with Crippen molar-refractivity contribution in [2.75, 3.05) is 13.2 Å². The number of benzene rings is 1. The molecule has 5 rings (SSSR count). The first-order valence-electron chi connectivity index (χ1n) is 14.1. The molecular weight excluding hydrogens is 517 g/mol. The van der Waals surface area contributed by atoms with Gasteiger partial charge >= 0.3 is 5.97 Å². The minimum atomic E-state index is -2.01. The number of allylic oxidation sites excluding steroid dienone is 4. The highest BCUT2D eigenvalue weighted by Gasteiger charge is 2.75. The van der Waals surface area contributed by atoms with E-state index in [-0.39, 0.29) is 36.8 Å². The number of ether oxygens (including phenoxy) is 1. The average molecular weight is 556 g/mol. The molecule has 4 N–H and O–H groups in total. The fourth-order valence-corrected chi connectivity index (χ4v) is 8.32. The predicted octanol–water partition coefficient (Wildman–Crippen LogP) is 3.62. The van der Waals surface area contributed by atoms with E-state index < -0.39 is 51.9 Å². The second kappa shape index (κ2) is 9.80. The lowest BCUT2D eigenvalue weighted by Gasteiger charge is -2.62. The Hall–Kier alpha value is -3.04. The maximum absolute atomic E-state index is 17.3. The molecule has 0 aliphatic heterocycles. The van der Waals surface area contributed by atoms with Crippen LogP contribution in [0.15, 0.2) is 48.1 Å². The fourth-order valence-electron chi connectivity index (χ4n) is 8.32. The molecule has 40 heavy (non-hydrogen) atoms. The Balaban J connectivity index is 1.27. The van der Waals surface area contributed by atoms with E-state index in [9.17, 15) is 24.6 Å². The summed E-state index contributed by atoms with van der Waals surface area (Å²) in [7, 11) is 0. The highest BCUT2D eigenvalue weighted by atomic mass is 19.1. The summed E-state index contributed by atoms with van der Waals surface area (Å²) in [5.41, 5.74) is -5.11. The summed E-state index contributed by atoms with van der Waals surface area (Å²) in [5.74, 6) is -2.56. The molecule has 8 nitrogen and oxygen atoms in total. The van der Waals surface area contributed by atoms with E-state index in [2.05, 4.69) is 5.32 Å². The number of hydrogen-bond donors (Lipinski definition) is 4. The van der Waals surface area contributed by atoms with Gasteiger partial charge in [-0.2, -0.15) is 0 Å². The number of ketones is 1. The molecule has 4 aliphatic carbocycles. The number of amides is 1. The van der Waals surface area contributed by atoms with Crippen LogP contribution in [0.2, 0.25) is 0 Å². The van der Waals surface area contributed by atoms with Crippen LogP contribution in [0.3, 0.4) is 0 Å². The van der Waals surface area contributed by atoms with Gasteiger partial charge in [0.05, 0.1) is 18.3 Å². The van der Waals surface area contributed by atoms with Crippen LogP contribution < -0.4 is 10.1 Å². The third kappa shape index (κ3) is 3.96. The molecule has 3 saturated carbocycles. The number of aliphatic hydroxyl groups excluding tert-OH is 1. The number of carboxylic acid groups (broad SMARTS) is 1. The lowest BCUT2D eigenvalue weighted by Crippen LogP contribution is -2.70. The Kier molecular flexibility index (Phi) is 6.98. The van der Waals surface area contributed by atoms with Crippen LogP contribution in [0.1, 0.15) is 63.2 Å². The van der Waals surface area contributed by atoms with Crippen molar-refractivity contribution in [1.29, 1.82) is 0 Å². The minimum absolute atomic E-state index is 0.0704. The first-order chi connectivity index (χ1) is 18.8. The third-order valence-electron chi connectivity index (χ3n) is 10.5. The van der Waals surface area contributed by atoms with Crippen molar-refractivity contribution in [1.82, 2.24) is 5.32 Å². The first-order valence-corrected chi connectivity index (χ1v) is 14.1. The van der Waals surface area contributed by atoms with Crippen LogP contribution in [0.25, 0.3) is 0 Å². The zero-order valence-electron chi connectivity index (χ0n) is 23.2. The van der Waals surface area contributed by atoms with Crippen molar-refractivity contribution in [3.05, 3.63) is 53.6 Å². The number of aromatic carboxylic acids is 1. The summed E-state index contributed by atoms with van der Waals surface area (Å²) in [5, 5.41) is 35.3. The van der Waals surface area contributed by atoms with Crippen molar-refractivity contribution in [2.24, 2.45) is 28.6 Å². The van der Waals surface area contributed by atoms with Crippen LogP contribution in [0.5, 0.6) is 5.75 Å². The molecule has 9 heteroatoms. The number of carbonyl (C=O) groups is 3. The van der Waals surface area contributed by atoms with Crippen molar-refractivity contribution < 1.29 is 38.8 Å². The number of carboxylic acids is 1. The predicted molar refractivity (Wildman–Crippen MR) is 144 cm³/mol. The van der Waals surface area contributed by atoms with Gasteiger partial charge in [-0.25, -0.2) is 9.18 Å². The van der Waals surface area contributed by atoms with E-state index in [0.717, 1.165) is 0 Å². The first kappa shape index (κ1) is 28.5. The van der Waals surface area contributed by atoms with Gasteiger partial charge in [0.1, 0.15) is 5.75 Å². The average Bonchev–Trinajstić information content (AvgIpc) is 3.11. The molecule has 0 heterocycles. The summed E-state index contributed by atoms with van der Waals surface area (Å²) >= 11 is 0. The standard InChI is InChI=1S/C31H38FNO7/c1-18-15-24-23-10-7-20-16-21(34)11-12-28(20,2)30(23,32)25(35)17-29(24,3)31(18,39)27(38)33-13-4-14-40-22-8-5-19(6-9-22)26(36)37/h5-6,8-9,11-12,16,18,23-25,35,39H,4,7,10,13-15,17H2,1-3H3,(H,33,38)(H,36,37). The van der Waals surface area contributed by atoms with Crippen molar-refractivity contribution in [3.63, 3.8) is 0 Å². The molecule has 1 amide bonds. The van der Waals surface area contributed by atoms with E-state index >= 15 is 4.39 Å². The zero-order valence-corrected chi connectivity index (χ0v) is 23.2. The van der Waals surface area contributed by atoms with Gasteiger partial charge in [0.2, 0.25) is 0 Å². The summed E-state index contributed by atoms with van der Waals surface area (Å²) in [6, 6.07) is 6.03. The van der Waals surface area contributed by atoms with E-state index in [1.54, 1.807) is 32.1 Å². The van der Waals surface area contributed by atoms with Crippen molar-refractivity contribution in [3.8, 4) is 5.75 Å². The molecule has 0 spiro atoms. The molecule has 0 saturated heterocycles. The summed E-state index contributed by atoms with van der Waals surface area (Å²) in [6.07, 6.45) is 4.85. The molecule has 1 aromatic rings. The number of fused-ring (bicyclic) bond motifs is 5. The molecule has 0 bridgehead atoms. The Labute approximate surface area is 233 Å². The molecule has 216 valence electrons. The third-order valence-corrected chi connectivity index (χ3v) is 10.5. The van der Waals surface area contributed by atoms with Gasteiger partial charge in [-0.3, -0.25) is 9.59 Å². The van der Waals surface area contributed by atoms with E-state index in [1.165, 1.54) is 24.3 Å². The number of halogens is 1. The molecular formula is C31H38FNO7. The maximum atomic E-state index is 17.3. The van der Waals surface area contributed by atoms with E-state index in [0.29, 0.717) is 37.0 Å². The summed E-state index contributed by atoms with van der Waals surface area (Å²) in [4.78, 5) is 36.6. The second-order valence-electron chi connectivity index (χ2n) is 12.5. The molecule has 3 fully saturated rings. The van der Waals surface area contributed by atoms with Gasteiger partial charge in [-0.05, 0) is 87.3 Å². The van der Waals surface area contributed by atoms with Crippen LogP contribution in [0.4, 0.5) is 4.39 Å². The SMILES string of the molecule is CC1CC2C3CCC4=CC(=O)C=CC4(C)C3(F)C(O)CC2(C)C1(O)C(=O)NCCCOc1ccc(C(=O)O)cc1. The highest BCUT2D eigenvalue weighted by molar-refractivity contribution is 6.01. The van der Waals surface area contributed by atoms with Gasteiger partial charge in [0.25, 0.3) is 5.91 Å². The van der Waals surface area contributed by atoms with Crippen LogP contribution >= 0.6 is 0 Å². The quantitative estimate of drug-likeness (QED) is 0.378. The van der Waals surface area contributed by atoms with Crippen LogP contribution in [-0.2, 0) is 9.59 Å². The smallest absolute Gasteiger partial charge is 0.335 e. The van der Waals surface area contributed by atoms with Gasteiger partial charge in [0, 0.05) is 23.3 Å². The van der Waals surface area contributed by atoms with Gasteiger partial charge in [0.15, 0.2) is 17.1 Å². The topological polar surface area (TPSA) is 133 Å². The summed E-state index contributed by atoms with van der Waals surface area (Å²) < 4.78 is 22.9. The normalized spacial score (nSPS) is 40.0. The van der Waals surface area contributed by atoms with E-state index in [4.69, 9.17) is 9.84 Å². The van der Waals surface area contributed by atoms with Crippen molar-refractivity contribution in [2.45, 2.75) is 70.2 Å². The molecule has 1 aromatic carbocycles. The monoisotopic (exact) mass is 555 g/mol. The van der Waals surface area contributed by atoms with E-state index in [1.807, 2.05) is 6.92 Å². The number of carbonyl (C=O) groups excluding carboxylic acids is 2. The van der Waals surface area contributed by atoms with Gasteiger partial charge in [-0.15, -0.1) is 0 Å². The number of hydrogen-bond acceptors (Lipinski definition) is 6. The Morgan fingerprint density at radius 2 is 1.88 bits per heavy atom. The number of nitrogens with one attached hydrogen (secondary N) is 1. The Morgan fingerprint density at radius 1 is 1.18 bits per heavy atom. The second-order valence-corrected chi connectivity index (χ2v) is 12.5. The molecule has 4 aliphatic rings. The minimum Gasteiger partial charge on any atom is -0.494 e. The molecule has 0 aromatic heterocycles. The van der Waals surface area contributed by atoms with Gasteiger partial charge in [-0.1, -0.05) is 25.5 Å². The number of alkyl halides is 1. The zero-order chi connectivity index (χ0) is 29.1. The molecule has 8 unspecified atom stereocenters. The summed E-state index contributed by atoms with van der Waals surface area (Å²) in [6.45, 7) is 5.89. The lowest BCUT2D eigenvalue weighted by atomic mass is 9.44. The van der Waals surface area contributed by atoms with Gasteiger partial charge < -0.3 is 25.4 Å². The van der Waals surface area contributed by atoms with Crippen LogP contribution in [-0.4, -0.2) is 63.5 Å². The Morgan fingerprint density at radius 3 is 2.55 bits per heavy atom. The van der Waals surface area contributed by atoms with Crippen molar-refractivity contribution >= 4 is 17.7 Å². The number of aliphatic hydroxyl groups is 2. The molecule has 0 radical (unpaired) electrons. The molecule has 8 atom stereocenters. The highest BCUT2D eigenvalue weighted by Crippen LogP contribution is 2.70. The lowest BCUT2D eigenvalue weighted by molar-refractivity contribution is -0.219. The van der Waals surface area contributed by atoms with Crippen LogP contribution in [0, 0.1) is 28.6 Å². The number of rotatable bonds is 7. The fraction of sp³-hybridized carbons (Fsp3) is 0.581.